The van der Waals surface area contributed by atoms with E-state index >= 15 is 0 Å². The average molecular weight is 267 g/mol. The first-order valence-corrected chi connectivity index (χ1v) is 7.18. The van der Waals surface area contributed by atoms with Gasteiger partial charge in [-0.3, -0.25) is 0 Å². The zero-order valence-corrected chi connectivity index (χ0v) is 10.6. The maximum absolute atomic E-state index is 11.9. The third kappa shape index (κ3) is 2.43. The van der Waals surface area contributed by atoms with Crippen molar-refractivity contribution in [1.82, 2.24) is 0 Å². The number of sulfonamides is 1. The zero-order chi connectivity index (χ0) is 12.5. The highest BCUT2D eigenvalue weighted by Gasteiger charge is 2.24. The van der Waals surface area contributed by atoms with E-state index in [2.05, 4.69) is 9.71 Å². The van der Waals surface area contributed by atoms with Crippen molar-refractivity contribution in [2.75, 3.05) is 11.1 Å². The number of nitrogens with zero attached hydrogens (tertiary/aromatic N) is 2. The minimum atomic E-state index is -3.65. The molecule has 1 aliphatic heterocycles. The maximum atomic E-state index is 11.9. The summed E-state index contributed by atoms with van der Waals surface area (Å²) in [6.07, 6.45) is 0. The van der Waals surface area contributed by atoms with Crippen LogP contribution in [0.25, 0.3) is 0 Å². The first-order chi connectivity index (χ1) is 8.03. The minimum absolute atomic E-state index is 0.155. The van der Waals surface area contributed by atoms with Gasteiger partial charge in [0.15, 0.2) is 5.17 Å². The molecule has 0 radical (unpaired) electrons. The largest absolute Gasteiger partial charge is 0.333 e. The van der Waals surface area contributed by atoms with Crippen LogP contribution >= 0.6 is 11.8 Å². The fourth-order valence-corrected chi connectivity index (χ4v) is 3.39. The van der Waals surface area contributed by atoms with E-state index in [9.17, 15) is 8.42 Å². The van der Waals surface area contributed by atoms with Crippen LogP contribution in [0.4, 0.5) is 5.69 Å². The molecule has 88 valence electrons. The van der Waals surface area contributed by atoms with Gasteiger partial charge >= 0.3 is 0 Å². The van der Waals surface area contributed by atoms with Crippen molar-refractivity contribution < 1.29 is 8.42 Å². The Morgan fingerprint density at radius 1 is 1.53 bits per heavy atom. The van der Waals surface area contributed by atoms with E-state index in [-0.39, 0.29) is 15.8 Å². The normalized spacial score (nSPS) is 16.4. The lowest BCUT2D eigenvalue weighted by molar-refractivity contribution is 0.598. The Morgan fingerprint density at radius 2 is 2.29 bits per heavy atom. The van der Waals surface area contributed by atoms with Crippen molar-refractivity contribution in [3.05, 3.63) is 23.8 Å². The molecule has 0 saturated carbocycles. The maximum Gasteiger partial charge on any atom is 0.286 e. The highest BCUT2D eigenvalue weighted by Crippen LogP contribution is 2.29. The van der Waals surface area contributed by atoms with Gasteiger partial charge < -0.3 is 5.32 Å². The summed E-state index contributed by atoms with van der Waals surface area (Å²) in [5.74, 6) is 0.155. The van der Waals surface area contributed by atoms with E-state index in [1.807, 2.05) is 19.1 Å². The van der Waals surface area contributed by atoms with Gasteiger partial charge in [-0.25, -0.2) is 0 Å². The highest BCUT2D eigenvalue weighted by molar-refractivity contribution is 8.15. The molecule has 0 spiro atoms. The SMILES string of the molecule is Cc1ccc2c(c1)S(=O)(=O)N=C(SCC#N)N2. The van der Waals surface area contributed by atoms with Gasteiger partial charge in [0, 0.05) is 0 Å². The van der Waals surface area contributed by atoms with Crippen molar-refractivity contribution in [1.29, 1.82) is 5.26 Å². The molecule has 0 bridgehead atoms. The summed E-state index contributed by atoms with van der Waals surface area (Å²) in [7, 11) is -3.65. The van der Waals surface area contributed by atoms with Gasteiger partial charge in [-0.15, -0.1) is 4.40 Å². The van der Waals surface area contributed by atoms with Crippen molar-refractivity contribution in [2.45, 2.75) is 11.8 Å². The lowest BCUT2D eigenvalue weighted by Crippen LogP contribution is -2.19. The number of benzene rings is 1. The second kappa shape index (κ2) is 4.39. The molecule has 5 nitrogen and oxygen atoms in total. The number of nitriles is 1. The summed E-state index contributed by atoms with van der Waals surface area (Å²) >= 11 is 1.07. The molecule has 1 aromatic rings. The molecule has 7 heteroatoms. The van der Waals surface area contributed by atoms with Crippen LogP contribution < -0.4 is 5.32 Å². The number of nitrogens with one attached hydrogen (secondary N) is 1. The van der Waals surface area contributed by atoms with Crippen LogP contribution in [0.1, 0.15) is 5.56 Å². The summed E-state index contributed by atoms with van der Waals surface area (Å²) in [5.41, 5.74) is 1.36. The van der Waals surface area contributed by atoms with Gasteiger partial charge in [-0.2, -0.15) is 13.7 Å². The van der Waals surface area contributed by atoms with Crippen LogP contribution in [0, 0.1) is 18.3 Å². The Labute approximate surface area is 104 Å². The molecule has 0 aliphatic carbocycles. The molecule has 1 N–H and O–H groups in total. The van der Waals surface area contributed by atoms with E-state index in [0.29, 0.717) is 5.69 Å². The van der Waals surface area contributed by atoms with Gasteiger partial charge in [0.2, 0.25) is 0 Å². The number of fused-ring (bicyclic) bond motifs is 1. The van der Waals surface area contributed by atoms with Gasteiger partial charge in [0.05, 0.1) is 17.5 Å². The Hall–Kier alpha value is -1.52. The average Bonchev–Trinajstić information content (AvgIpc) is 2.27. The van der Waals surface area contributed by atoms with Crippen LogP contribution in [0.2, 0.25) is 0 Å². The Morgan fingerprint density at radius 3 is 3.00 bits per heavy atom. The zero-order valence-electron chi connectivity index (χ0n) is 8.97. The summed E-state index contributed by atoms with van der Waals surface area (Å²) in [6.45, 7) is 1.82. The van der Waals surface area contributed by atoms with E-state index in [4.69, 9.17) is 5.26 Å². The quantitative estimate of drug-likeness (QED) is 0.837. The molecule has 0 atom stereocenters. The number of aryl methyl sites for hydroxylation is 1. The van der Waals surface area contributed by atoms with Gasteiger partial charge in [0.1, 0.15) is 4.90 Å². The second-order valence-corrected chi connectivity index (χ2v) is 5.98. The lowest BCUT2D eigenvalue weighted by Gasteiger charge is -2.17. The lowest BCUT2D eigenvalue weighted by atomic mass is 10.2. The molecule has 2 rings (SSSR count). The summed E-state index contributed by atoms with van der Waals surface area (Å²) in [4.78, 5) is 0.179. The Balaban J connectivity index is 2.44. The number of hydrogen-bond acceptors (Lipinski definition) is 5. The van der Waals surface area contributed by atoms with Crippen LogP contribution in [0.15, 0.2) is 27.5 Å². The number of rotatable bonds is 1. The minimum Gasteiger partial charge on any atom is -0.333 e. The van der Waals surface area contributed by atoms with E-state index < -0.39 is 10.0 Å². The van der Waals surface area contributed by atoms with Crippen LogP contribution in [0.3, 0.4) is 0 Å². The fraction of sp³-hybridized carbons (Fsp3) is 0.200. The predicted molar refractivity (Wildman–Crippen MR) is 67.5 cm³/mol. The molecule has 0 amide bonds. The molecule has 1 heterocycles. The van der Waals surface area contributed by atoms with Crippen molar-refractivity contribution in [2.24, 2.45) is 4.40 Å². The first kappa shape index (κ1) is 12.0. The Bertz CT molecular complexity index is 629. The third-order valence-corrected chi connectivity index (χ3v) is 4.31. The van der Waals surface area contributed by atoms with Crippen molar-refractivity contribution in [3.8, 4) is 6.07 Å². The standard InChI is InChI=1S/C10H9N3O2S2/c1-7-2-3-8-9(6-7)17(14,15)13-10(12-8)16-5-4-11/h2-3,6H,5H2,1H3,(H,12,13). The smallest absolute Gasteiger partial charge is 0.286 e. The Kier molecular flexibility index (Phi) is 3.09. The van der Waals surface area contributed by atoms with Crippen LogP contribution in [-0.2, 0) is 10.0 Å². The number of hydrogen-bond donors (Lipinski definition) is 1. The molecular formula is C10H9N3O2S2. The van der Waals surface area contributed by atoms with E-state index in [0.717, 1.165) is 17.3 Å². The van der Waals surface area contributed by atoms with Gasteiger partial charge in [-0.05, 0) is 24.6 Å². The predicted octanol–water partition coefficient (Wildman–Crippen LogP) is 1.72. The molecule has 0 saturated heterocycles. The first-order valence-electron chi connectivity index (χ1n) is 4.75. The number of anilines is 1. The topological polar surface area (TPSA) is 82.3 Å². The molecular weight excluding hydrogens is 258 g/mol. The summed E-state index contributed by atoms with van der Waals surface area (Å²) < 4.78 is 27.4. The van der Waals surface area contributed by atoms with Crippen LogP contribution in [0.5, 0.6) is 0 Å². The second-order valence-electron chi connectivity index (χ2n) is 3.44. The summed E-state index contributed by atoms with van der Waals surface area (Å²) in [5, 5.41) is 11.6. The molecule has 0 aromatic heterocycles. The molecule has 17 heavy (non-hydrogen) atoms. The van der Waals surface area contributed by atoms with Crippen LogP contribution in [-0.4, -0.2) is 19.3 Å². The van der Waals surface area contributed by atoms with Gasteiger partial charge in [-0.1, -0.05) is 17.8 Å². The number of amidine groups is 1. The molecule has 1 aliphatic rings. The summed E-state index contributed by atoms with van der Waals surface area (Å²) in [6, 6.07) is 7.02. The van der Waals surface area contributed by atoms with E-state index in [1.54, 1.807) is 12.1 Å². The fourth-order valence-electron chi connectivity index (χ4n) is 1.41. The third-order valence-electron chi connectivity index (χ3n) is 2.13. The monoisotopic (exact) mass is 267 g/mol. The van der Waals surface area contributed by atoms with Crippen molar-refractivity contribution >= 4 is 32.6 Å². The van der Waals surface area contributed by atoms with Gasteiger partial charge in [0.25, 0.3) is 10.0 Å². The van der Waals surface area contributed by atoms with E-state index in [1.165, 1.54) is 0 Å². The molecule has 1 aromatic carbocycles. The number of thioether (sulfide) groups is 1. The molecule has 0 fully saturated rings. The highest BCUT2D eigenvalue weighted by atomic mass is 32.2. The molecule has 0 unspecified atom stereocenters. The van der Waals surface area contributed by atoms with Crippen molar-refractivity contribution in [3.63, 3.8) is 0 Å².